The number of halogens is 1. The number of aliphatic hydroxyl groups excluding tert-OH is 1. The molecule has 16 heavy (non-hydrogen) atoms. The third-order valence-corrected chi connectivity index (χ3v) is 3.20. The molecule has 1 aliphatic heterocycles. The van der Waals surface area contributed by atoms with Gasteiger partial charge in [0.2, 0.25) is 0 Å². The van der Waals surface area contributed by atoms with Crippen LogP contribution >= 0.6 is 0 Å². The van der Waals surface area contributed by atoms with E-state index in [9.17, 15) is 9.50 Å². The van der Waals surface area contributed by atoms with E-state index in [1.165, 1.54) is 6.07 Å². The fourth-order valence-electron chi connectivity index (χ4n) is 2.19. The number of ether oxygens (including phenoxy) is 1. The molecule has 1 aliphatic rings. The predicted octanol–water partition coefficient (Wildman–Crippen LogP) is 2.59. The van der Waals surface area contributed by atoms with E-state index < -0.39 is 6.10 Å². The molecule has 0 spiro atoms. The molecule has 0 radical (unpaired) electrons. The highest BCUT2D eigenvalue weighted by Crippen LogP contribution is 2.32. The second kappa shape index (κ2) is 4.52. The number of hydrogen-bond acceptors (Lipinski definition) is 2. The fourth-order valence-corrected chi connectivity index (χ4v) is 2.19. The van der Waals surface area contributed by atoms with Crippen LogP contribution in [-0.4, -0.2) is 17.8 Å². The molecule has 3 unspecified atom stereocenters. The number of rotatable bonds is 2. The van der Waals surface area contributed by atoms with E-state index >= 15 is 0 Å². The van der Waals surface area contributed by atoms with Gasteiger partial charge >= 0.3 is 0 Å². The van der Waals surface area contributed by atoms with Crippen molar-refractivity contribution in [2.45, 2.75) is 32.5 Å². The minimum Gasteiger partial charge on any atom is -0.388 e. The molecule has 0 aliphatic carbocycles. The van der Waals surface area contributed by atoms with Gasteiger partial charge in [-0.25, -0.2) is 4.39 Å². The van der Waals surface area contributed by atoms with Gasteiger partial charge in [-0.15, -0.1) is 0 Å². The Labute approximate surface area is 95.1 Å². The molecule has 3 heteroatoms. The Morgan fingerprint density at radius 2 is 2.25 bits per heavy atom. The molecule has 1 heterocycles. The standard InChI is InChI=1S/C13H17FO2/c1-8-5-10(3-4-12(8)14)13(15)11-6-9(2)16-7-11/h3-5,9,11,13,15H,6-7H2,1-2H3. The second-order valence-electron chi connectivity index (χ2n) is 4.59. The molecule has 2 rings (SSSR count). The van der Waals surface area contributed by atoms with Crippen LogP contribution in [0.5, 0.6) is 0 Å². The molecule has 88 valence electrons. The fraction of sp³-hybridized carbons (Fsp3) is 0.538. The summed E-state index contributed by atoms with van der Waals surface area (Å²) >= 11 is 0. The lowest BCUT2D eigenvalue weighted by Crippen LogP contribution is -2.13. The van der Waals surface area contributed by atoms with Crippen molar-refractivity contribution in [3.05, 3.63) is 35.1 Å². The van der Waals surface area contributed by atoms with Gasteiger partial charge in [0.25, 0.3) is 0 Å². The van der Waals surface area contributed by atoms with E-state index in [0.29, 0.717) is 12.2 Å². The van der Waals surface area contributed by atoms with E-state index in [0.717, 1.165) is 12.0 Å². The van der Waals surface area contributed by atoms with Crippen molar-refractivity contribution in [2.75, 3.05) is 6.61 Å². The van der Waals surface area contributed by atoms with Crippen LogP contribution in [-0.2, 0) is 4.74 Å². The lowest BCUT2D eigenvalue weighted by Gasteiger charge is -2.17. The van der Waals surface area contributed by atoms with Gasteiger partial charge in [-0.1, -0.05) is 12.1 Å². The largest absolute Gasteiger partial charge is 0.388 e. The number of aryl methyl sites for hydroxylation is 1. The Kier molecular flexibility index (Phi) is 3.26. The normalized spacial score (nSPS) is 27.0. The molecular weight excluding hydrogens is 207 g/mol. The quantitative estimate of drug-likeness (QED) is 0.836. The van der Waals surface area contributed by atoms with Crippen molar-refractivity contribution >= 4 is 0 Å². The molecule has 3 atom stereocenters. The van der Waals surface area contributed by atoms with Crippen molar-refractivity contribution < 1.29 is 14.2 Å². The summed E-state index contributed by atoms with van der Waals surface area (Å²) in [7, 11) is 0. The Morgan fingerprint density at radius 3 is 2.81 bits per heavy atom. The predicted molar refractivity (Wildman–Crippen MR) is 59.6 cm³/mol. The van der Waals surface area contributed by atoms with Crippen LogP contribution in [0.3, 0.4) is 0 Å². The van der Waals surface area contributed by atoms with Gasteiger partial charge in [-0.2, -0.15) is 0 Å². The minimum absolute atomic E-state index is 0.125. The lowest BCUT2D eigenvalue weighted by atomic mass is 9.93. The SMILES string of the molecule is Cc1cc(C(O)C2COC(C)C2)ccc1F. The molecule has 1 aromatic rings. The lowest BCUT2D eigenvalue weighted by molar-refractivity contribution is 0.0803. The number of aliphatic hydroxyl groups is 1. The van der Waals surface area contributed by atoms with Crippen LogP contribution in [0.1, 0.15) is 30.6 Å². The average molecular weight is 224 g/mol. The number of hydrogen-bond donors (Lipinski definition) is 1. The molecular formula is C13H17FO2. The third kappa shape index (κ3) is 2.25. The molecule has 1 saturated heterocycles. The van der Waals surface area contributed by atoms with E-state index in [2.05, 4.69) is 0 Å². The van der Waals surface area contributed by atoms with Crippen LogP contribution in [0.25, 0.3) is 0 Å². The molecule has 0 amide bonds. The first kappa shape index (κ1) is 11.6. The summed E-state index contributed by atoms with van der Waals surface area (Å²) in [5.41, 5.74) is 1.35. The zero-order valence-electron chi connectivity index (χ0n) is 9.61. The zero-order chi connectivity index (χ0) is 11.7. The maximum atomic E-state index is 13.1. The summed E-state index contributed by atoms with van der Waals surface area (Å²) in [5, 5.41) is 10.2. The van der Waals surface area contributed by atoms with Crippen molar-refractivity contribution in [2.24, 2.45) is 5.92 Å². The van der Waals surface area contributed by atoms with Gasteiger partial charge in [0.05, 0.1) is 18.8 Å². The van der Waals surface area contributed by atoms with E-state index in [-0.39, 0.29) is 17.8 Å². The Hall–Kier alpha value is -0.930. The van der Waals surface area contributed by atoms with E-state index in [1.54, 1.807) is 19.1 Å². The Balaban J connectivity index is 2.14. The van der Waals surface area contributed by atoms with Crippen molar-refractivity contribution in [3.8, 4) is 0 Å². The molecule has 1 N–H and O–H groups in total. The van der Waals surface area contributed by atoms with Crippen LogP contribution in [0, 0.1) is 18.7 Å². The number of benzene rings is 1. The summed E-state index contributed by atoms with van der Waals surface area (Å²) in [5.74, 6) is -0.105. The smallest absolute Gasteiger partial charge is 0.126 e. The van der Waals surface area contributed by atoms with Gasteiger partial charge in [-0.3, -0.25) is 0 Å². The average Bonchev–Trinajstić information content (AvgIpc) is 2.68. The van der Waals surface area contributed by atoms with Gasteiger partial charge in [-0.05, 0) is 37.5 Å². The summed E-state index contributed by atoms with van der Waals surface area (Å²) in [6.07, 6.45) is 0.517. The van der Waals surface area contributed by atoms with Gasteiger partial charge in [0.1, 0.15) is 5.82 Å². The molecule has 0 aromatic heterocycles. The van der Waals surface area contributed by atoms with Gasteiger partial charge < -0.3 is 9.84 Å². The Bertz CT molecular complexity index is 378. The Morgan fingerprint density at radius 1 is 1.50 bits per heavy atom. The van der Waals surface area contributed by atoms with Crippen LogP contribution in [0.2, 0.25) is 0 Å². The first-order valence-electron chi connectivity index (χ1n) is 5.63. The van der Waals surface area contributed by atoms with Crippen molar-refractivity contribution in [3.63, 3.8) is 0 Å². The highest BCUT2D eigenvalue weighted by atomic mass is 19.1. The summed E-state index contributed by atoms with van der Waals surface area (Å²) in [4.78, 5) is 0. The minimum atomic E-state index is -0.552. The first-order valence-corrected chi connectivity index (χ1v) is 5.63. The zero-order valence-corrected chi connectivity index (χ0v) is 9.61. The molecule has 1 aromatic carbocycles. The molecule has 0 bridgehead atoms. The second-order valence-corrected chi connectivity index (χ2v) is 4.59. The maximum absolute atomic E-state index is 13.1. The van der Waals surface area contributed by atoms with Gasteiger partial charge in [0.15, 0.2) is 0 Å². The van der Waals surface area contributed by atoms with E-state index in [4.69, 9.17) is 4.74 Å². The van der Waals surface area contributed by atoms with Crippen LogP contribution < -0.4 is 0 Å². The van der Waals surface area contributed by atoms with E-state index in [1.807, 2.05) is 6.92 Å². The first-order chi connectivity index (χ1) is 7.58. The van der Waals surface area contributed by atoms with Crippen LogP contribution in [0.4, 0.5) is 4.39 Å². The maximum Gasteiger partial charge on any atom is 0.126 e. The summed E-state index contributed by atoms with van der Waals surface area (Å²) in [6, 6.07) is 4.77. The third-order valence-electron chi connectivity index (χ3n) is 3.20. The van der Waals surface area contributed by atoms with Crippen molar-refractivity contribution in [1.82, 2.24) is 0 Å². The summed E-state index contributed by atoms with van der Waals surface area (Å²) in [6.45, 7) is 4.29. The molecule has 0 saturated carbocycles. The van der Waals surface area contributed by atoms with Crippen LogP contribution in [0.15, 0.2) is 18.2 Å². The monoisotopic (exact) mass is 224 g/mol. The molecule has 1 fully saturated rings. The van der Waals surface area contributed by atoms with Gasteiger partial charge in [0, 0.05) is 5.92 Å². The topological polar surface area (TPSA) is 29.5 Å². The highest BCUT2D eigenvalue weighted by Gasteiger charge is 2.29. The highest BCUT2D eigenvalue weighted by molar-refractivity contribution is 5.26. The molecule has 2 nitrogen and oxygen atoms in total. The summed E-state index contributed by atoms with van der Waals surface area (Å²) < 4.78 is 18.5. The van der Waals surface area contributed by atoms with Crippen molar-refractivity contribution in [1.29, 1.82) is 0 Å².